The molecule has 0 aliphatic carbocycles. The highest BCUT2D eigenvalue weighted by Gasteiger charge is 2.27. The first kappa shape index (κ1) is 12.3. The van der Waals surface area contributed by atoms with Crippen molar-refractivity contribution < 1.29 is 17.9 Å². The fourth-order valence-electron chi connectivity index (χ4n) is 0.863. The van der Waals surface area contributed by atoms with Gasteiger partial charge in [-0.2, -0.15) is 13.2 Å². The highest BCUT2D eigenvalue weighted by molar-refractivity contribution is 9.10. The van der Waals surface area contributed by atoms with Crippen LogP contribution in [0.3, 0.4) is 0 Å². The molecule has 0 bridgehead atoms. The lowest BCUT2D eigenvalue weighted by atomic mass is 10.5. The molecule has 0 radical (unpaired) electrons. The van der Waals surface area contributed by atoms with Crippen molar-refractivity contribution in [2.45, 2.75) is 12.9 Å². The topological polar surface area (TPSA) is 31.2 Å². The molecule has 1 aromatic rings. The zero-order chi connectivity index (χ0) is 11.5. The third-order valence-electron chi connectivity index (χ3n) is 1.44. The number of alkyl halides is 3. The summed E-state index contributed by atoms with van der Waals surface area (Å²) in [4.78, 5) is 11.1. The summed E-state index contributed by atoms with van der Waals surface area (Å²) in [6, 6.07) is 2.74. The summed E-state index contributed by atoms with van der Waals surface area (Å²) in [5.41, 5.74) is -0.416. The minimum Gasteiger partial charge on any atom is -0.351 e. The summed E-state index contributed by atoms with van der Waals surface area (Å²) in [6.07, 6.45) is -3.02. The minimum absolute atomic E-state index is 0.416. The van der Waals surface area contributed by atoms with E-state index in [-0.39, 0.29) is 0 Å². The van der Waals surface area contributed by atoms with Crippen LogP contribution in [0.2, 0.25) is 0 Å². The van der Waals surface area contributed by atoms with Crippen LogP contribution in [0.5, 0.6) is 0 Å². The number of rotatable bonds is 3. The maximum Gasteiger partial charge on any atom is 0.411 e. The average Bonchev–Trinajstić information content (AvgIpc) is 2.09. The van der Waals surface area contributed by atoms with Gasteiger partial charge in [-0.15, -0.1) is 0 Å². The molecule has 0 atom stereocenters. The highest BCUT2D eigenvalue weighted by atomic mass is 79.9. The molecular weight excluding hydrogens is 279 g/mol. The highest BCUT2D eigenvalue weighted by Crippen LogP contribution is 2.14. The molecule has 3 nitrogen and oxygen atoms in total. The maximum atomic E-state index is 11.7. The molecule has 0 saturated heterocycles. The van der Waals surface area contributed by atoms with E-state index in [0.29, 0.717) is 4.47 Å². The van der Waals surface area contributed by atoms with Crippen molar-refractivity contribution in [3.63, 3.8) is 0 Å². The normalized spacial score (nSPS) is 11.7. The Hall–Kier alpha value is -0.820. The monoisotopic (exact) mass is 285 g/mol. The van der Waals surface area contributed by atoms with Crippen molar-refractivity contribution in [1.29, 1.82) is 0 Å². The van der Waals surface area contributed by atoms with Crippen LogP contribution >= 0.6 is 15.9 Å². The van der Waals surface area contributed by atoms with E-state index in [1.54, 1.807) is 0 Å². The molecule has 0 aliphatic heterocycles. The summed E-state index contributed by atoms with van der Waals surface area (Å²) in [7, 11) is 0. The lowest BCUT2D eigenvalue weighted by Gasteiger charge is -2.09. The summed E-state index contributed by atoms with van der Waals surface area (Å²) in [6.45, 7) is -1.79. The molecule has 0 aromatic carbocycles. The van der Waals surface area contributed by atoms with E-state index in [0.717, 1.165) is 4.57 Å². The first-order valence-corrected chi connectivity index (χ1v) is 4.68. The smallest absolute Gasteiger partial charge is 0.351 e. The predicted octanol–water partition coefficient (Wildman–Crippen LogP) is 2.15. The lowest BCUT2D eigenvalue weighted by Crippen LogP contribution is -2.23. The van der Waals surface area contributed by atoms with E-state index in [1.165, 1.54) is 18.3 Å². The van der Waals surface area contributed by atoms with Crippen LogP contribution in [0.25, 0.3) is 0 Å². The second kappa shape index (κ2) is 4.80. The molecule has 15 heavy (non-hydrogen) atoms. The van der Waals surface area contributed by atoms with Gasteiger partial charge in [0.15, 0.2) is 0 Å². The number of aromatic nitrogens is 1. The Morgan fingerprint density at radius 1 is 1.40 bits per heavy atom. The summed E-state index contributed by atoms with van der Waals surface area (Å²) in [5.74, 6) is 0. The average molecular weight is 286 g/mol. The first-order chi connectivity index (χ1) is 6.88. The summed E-state index contributed by atoms with van der Waals surface area (Å²) in [5, 5.41) is 0. The number of hydrogen-bond donors (Lipinski definition) is 0. The molecule has 1 aromatic heterocycles. The van der Waals surface area contributed by atoms with Crippen molar-refractivity contribution in [2.24, 2.45) is 0 Å². The number of hydrogen-bond acceptors (Lipinski definition) is 2. The van der Waals surface area contributed by atoms with Gasteiger partial charge in [0.05, 0.1) is 0 Å². The molecule has 0 aliphatic rings. The minimum atomic E-state index is -4.38. The quantitative estimate of drug-likeness (QED) is 0.852. The maximum absolute atomic E-state index is 11.7. The van der Waals surface area contributed by atoms with Crippen molar-refractivity contribution >= 4 is 15.9 Å². The van der Waals surface area contributed by atoms with Crippen LogP contribution in [0, 0.1) is 0 Å². The third-order valence-corrected chi connectivity index (χ3v) is 1.91. The molecular formula is C8H7BrF3NO2. The predicted molar refractivity (Wildman–Crippen MR) is 50.4 cm³/mol. The fraction of sp³-hybridized carbons (Fsp3) is 0.375. The van der Waals surface area contributed by atoms with Gasteiger partial charge in [-0.25, -0.2) is 0 Å². The Morgan fingerprint density at radius 3 is 2.67 bits per heavy atom. The van der Waals surface area contributed by atoms with Crippen molar-refractivity contribution in [3.05, 3.63) is 33.2 Å². The molecule has 84 valence electrons. The van der Waals surface area contributed by atoms with Crippen LogP contribution in [0.15, 0.2) is 27.6 Å². The second-order valence-corrected chi connectivity index (χ2v) is 3.66. The Labute approximate surface area is 91.6 Å². The summed E-state index contributed by atoms with van der Waals surface area (Å²) >= 11 is 3.09. The van der Waals surface area contributed by atoms with Crippen LogP contribution in [-0.4, -0.2) is 17.4 Å². The van der Waals surface area contributed by atoms with Gasteiger partial charge in [0.25, 0.3) is 5.56 Å². The largest absolute Gasteiger partial charge is 0.411 e. The first-order valence-electron chi connectivity index (χ1n) is 3.89. The Kier molecular flexibility index (Phi) is 3.92. The molecule has 1 heterocycles. The van der Waals surface area contributed by atoms with Crippen LogP contribution in [0.1, 0.15) is 0 Å². The Morgan fingerprint density at radius 2 is 2.07 bits per heavy atom. The molecule has 1 rings (SSSR count). The molecule has 0 amide bonds. The van der Waals surface area contributed by atoms with Gasteiger partial charge in [-0.3, -0.25) is 9.36 Å². The van der Waals surface area contributed by atoms with E-state index < -0.39 is 25.1 Å². The van der Waals surface area contributed by atoms with Crippen LogP contribution in [0.4, 0.5) is 13.2 Å². The van der Waals surface area contributed by atoms with Gasteiger partial charge >= 0.3 is 6.18 Å². The molecule has 0 fully saturated rings. The molecule has 0 spiro atoms. The molecule has 7 heteroatoms. The van der Waals surface area contributed by atoms with Gasteiger partial charge in [0, 0.05) is 16.7 Å². The number of nitrogens with zero attached hydrogens (tertiary/aromatic N) is 1. The van der Waals surface area contributed by atoms with Crippen LogP contribution < -0.4 is 5.56 Å². The van der Waals surface area contributed by atoms with E-state index in [1.807, 2.05) is 0 Å². The zero-order valence-corrected chi connectivity index (χ0v) is 9.01. The third kappa shape index (κ3) is 4.48. The van der Waals surface area contributed by atoms with Crippen LogP contribution in [-0.2, 0) is 11.5 Å². The lowest BCUT2D eigenvalue weighted by molar-refractivity contribution is -0.182. The van der Waals surface area contributed by atoms with Gasteiger partial charge in [0.2, 0.25) is 0 Å². The molecule has 0 saturated carbocycles. The zero-order valence-electron chi connectivity index (χ0n) is 7.42. The standard InChI is InChI=1S/C8H7BrF3NO2/c9-6-1-2-7(14)13(3-6)5-15-4-8(10,11)12/h1-3H,4-5H2. The van der Waals surface area contributed by atoms with Gasteiger partial charge in [0.1, 0.15) is 13.3 Å². The van der Waals surface area contributed by atoms with Gasteiger partial charge < -0.3 is 4.74 Å². The van der Waals surface area contributed by atoms with Gasteiger partial charge in [-0.1, -0.05) is 0 Å². The summed E-state index contributed by atoms with van der Waals surface area (Å²) < 4.78 is 41.1. The second-order valence-electron chi connectivity index (χ2n) is 2.75. The van der Waals surface area contributed by atoms with Crippen molar-refractivity contribution in [2.75, 3.05) is 6.61 Å². The van der Waals surface area contributed by atoms with E-state index in [4.69, 9.17) is 0 Å². The van der Waals surface area contributed by atoms with E-state index >= 15 is 0 Å². The van der Waals surface area contributed by atoms with Crippen molar-refractivity contribution in [3.8, 4) is 0 Å². The van der Waals surface area contributed by atoms with E-state index in [2.05, 4.69) is 20.7 Å². The van der Waals surface area contributed by atoms with Gasteiger partial charge in [-0.05, 0) is 22.0 Å². The SMILES string of the molecule is O=c1ccc(Br)cn1COCC(F)(F)F. The number of ether oxygens (including phenoxy) is 1. The molecule has 0 N–H and O–H groups in total. The Balaban J connectivity index is 2.58. The molecule has 0 unspecified atom stereocenters. The van der Waals surface area contributed by atoms with E-state index in [9.17, 15) is 18.0 Å². The number of halogens is 4. The number of pyridine rings is 1. The van der Waals surface area contributed by atoms with Crippen molar-refractivity contribution in [1.82, 2.24) is 4.57 Å². The Bertz CT molecular complexity index is 388. The fourth-order valence-corrected chi connectivity index (χ4v) is 1.24.